The Morgan fingerprint density at radius 3 is 2.47 bits per heavy atom. The van der Waals surface area contributed by atoms with Crippen LogP contribution >= 0.6 is 0 Å². The number of esters is 1. The SMILES string of the molecule is CC(C)CC(=O)NCCC(=O)N1NCCC[C@H]1C(=O)N[C@H](C(=O)COC(=O)CCc1ncccn1)C(C)C. The van der Waals surface area contributed by atoms with Crippen LogP contribution in [0.15, 0.2) is 18.5 Å². The number of carbonyl (C=O) groups excluding carboxylic acids is 5. The molecule has 0 bridgehead atoms. The quantitative estimate of drug-likeness (QED) is 0.293. The van der Waals surface area contributed by atoms with Gasteiger partial charge in [-0.15, -0.1) is 0 Å². The van der Waals surface area contributed by atoms with E-state index in [0.29, 0.717) is 31.6 Å². The van der Waals surface area contributed by atoms with E-state index in [0.717, 1.165) is 0 Å². The number of ether oxygens (including phenoxy) is 1. The first-order valence-corrected chi connectivity index (χ1v) is 13.1. The highest BCUT2D eigenvalue weighted by molar-refractivity contribution is 5.94. The van der Waals surface area contributed by atoms with E-state index in [-0.39, 0.29) is 49.5 Å². The van der Waals surface area contributed by atoms with Crippen molar-refractivity contribution in [2.45, 2.75) is 78.3 Å². The van der Waals surface area contributed by atoms with Crippen LogP contribution in [0.3, 0.4) is 0 Å². The van der Waals surface area contributed by atoms with Crippen LogP contribution in [0.5, 0.6) is 0 Å². The molecule has 2 rings (SSSR count). The Balaban J connectivity index is 1.87. The average molecular weight is 533 g/mol. The largest absolute Gasteiger partial charge is 0.458 e. The number of hydrogen-bond donors (Lipinski definition) is 3. The van der Waals surface area contributed by atoms with Crippen molar-refractivity contribution in [3.05, 3.63) is 24.3 Å². The number of ketones is 1. The molecule has 1 aromatic heterocycles. The van der Waals surface area contributed by atoms with Gasteiger partial charge < -0.3 is 15.4 Å². The third-order valence-corrected chi connectivity index (χ3v) is 5.93. The number of nitrogens with zero attached hydrogens (tertiary/aromatic N) is 3. The van der Waals surface area contributed by atoms with Gasteiger partial charge in [0.25, 0.3) is 0 Å². The van der Waals surface area contributed by atoms with Crippen molar-refractivity contribution in [1.82, 2.24) is 31.0 Å². The Morgan fingerprint density at radius 2 is 1.82 bits per heavy atom. The molecule has 1 aliphatic rings. The van der Waals surface area contributed by atoms with Crippen LogP contribution < -0.4 is 16.1 Å². The molecule has 3 N–H and O–H groups in total. The molecule has 2 heterocycles. The van der Waals surface area contributed by atoms with Crippen molar-refractivity contribution >= 4 is 29.5 Å². The Bertz CT molecular complexity index is 955. The topological polar surface area (TPSA) is 160 Å². The lowest BCUT2D eigenvalue weighted by Crippen LogP contribution is -2.61. The van der Waals surface area contributed by atoms with Gasteiger partial charge in [0.1, 0.15) is 11.9 Å². The maximum atomic E-state index is 13.1. The van der Waals surface area contributed by atoms with Gasteiger partial charge in [-0.1, -0.05) is 27.7 Å². The van der Waals surface area contributed by atoms with Gasteiger partial charge in [0.05, 0.1) is 12.5 Å². The van der Waals surface area contributed by atoms with E-state index in [2.05, 4.69) is 26.0 Å². The van der Waals surface area contributed by atoms with Crippen molar-refractivity contribution in [2.75, 3.05) is 19.7 Å². The molecular weight excluding hydrogens is 492 g/mol. The molecule has 0 saturated carbocycles. The number of hydrazine groups is 1. The summed E-state index contributed by atoms with van der Waals surface area (Å²) in [5.41, 5.74) is 2.97. The normalized spacial score (nSPS) is 16.2. The number of amides is 3. The Hall–Kier alpha value is -3.41. The summed E-state index contributed by atoms with van der Waals surface area (Å²) in [6, 6.07) is -0.0136. The first-order chi connectivity index (χ1) is 18.1. The van der Waals surface area contributed by atoms with Crippen molar-refractivity contribution in [3.8, 4) is 0 Å². The molecule has 210 valence electrons. The zero-order valence-corrected chi connectivity index (χ0v) is 22.7. The summed E-state index contributed by atoms with van der Waals surface area (Å²) >= 11 is 0. The lowest BCUT2D eigenvalue weighted by atomic mass is 9.98. The van der Waals surface area contributed by atoms with Crippen LogP contribution in [0.25, 0.3) is 0 Å². The fraction of sp³-hybridized carbons (Fsp3) is 0.654. The maximum absolute atomic E-state index is 13.1. The number of Topliss-reactive ketones (excluding diaryl/α,β-unsaturated/α-hetero) is 1. The molecule has 12 nitrogen and oxygen atoms in total. The van der Waals surface area contributed by atoms with Crippen LogP contribution in [0.2, 0.25) is 0 Å². The summed E-state index contributed by atoms with van der Waals surface area (Å²) in [5.74, 6) is -1.46. The first-order valence-electron chi connectivity index (χ1n) is 13.1. The minimum absolute atomic E-state index is 0.0265. The molecule has 0 radical (unpaired) electrons. The highest BCUT2D eigenvalue weighted by Gasteiger charge is 2.35. The number of nitrogens with one attached hydrogen (secondary N) is 3. The summed E-state index contributed by atoms with van der Waals surface area (Å²) in [4.78, 5) is 70.8. The zero-order chi connectivity index (χ0) is 28.1. The van der Waals surface area contributed by atoms with Crippen molar-refractivity contribution < 1.29 is 28.7 Å². The average Bonchev–Trinajstić information content (AvgIpc) is 2.88. The Labute approximate surface area is 223 Å². The minimum Gasteiger partial charge on any atom is -0.458 e. The van der Waals surface area contributed by atoms with Gasteiger partial charge in [0, 0.05) is 44.7 Å². The van der Waals surface area contributed by atoms with Gasteiger partial charge in [0.2, 0.25) is 17.7 Å². The molecule has 12 heteroatoms. The second-order valence-electron chi connectivity index (χ2n) is 10.1. The van der Waals surface area contributed by atoms with E-state index < -0.39 is 36.4 Å². The number of aryl methyl sites for hydroxylation is 1. The second kappa shape index (κ2) is 15.8. The highest BCUT2D eigenvalue weighted by atomic mass is 16.5. The van der Waals surface area contributed by atoms with Crippen molar-refractivity contribution in [1.29, 1.82) is 0 Å². The predicted octanol–water partition coefficient (Wildman–Crippen LogP) is 0.710. The first kappa shape index (κ1) is 30.8. The van der Waals surface area contributed by atoms with Gasteiger partial charge in [-0.25, -0.2) is 15.4 Å². The maximum Gasteiger partial charge on any atom is 0.306 e. The Kier molecular flexibility index (Phi) is 12.8. The van der Waals surface area contributed by atoms with Crippen molar-refractivity contribution in [3.63, 3.8) is 0 Å². The van der Waals surface area contributed by atoms with Gasteiger partial charge in [-0.2, -0.15) is 0 Å². The molecule has 0 spiro atoms. The zero-order valence-electron chi connectivity index (χ0n) is 22.7. The molecule has 0 aliphatic carbocycles. The summed E-state index contributed by atoms with van der Waals surface area (Å²) in [6.45, 7) is 7.66. The second-order valence-corrected chi connectivity index (χ2v) is 10.1. The fourth-order valence-electron chi connectivity index (χ4n) is 3.97. The van der Waals surface area contributed by atoms with Gasteiger partial charge >= 0.3 is 5.97 Å². The summed E-state index contributed by atoms with van der Waals surface area (Å²) < 4.78 is 5.12. The molecule has 2 atom stereocenters. The van der Waals surface area contributed by atoms with E-state index in [1.807, 2.05) is 13.8 Å². The summed E-state index contributed by atoms with van der Waals surface area (Å²) in [6.07, 6.45) is 5.00. The standard InChI is InChI=1S/C26H40N6O6/c1-17(2)15-22(34)29-14-10-23(35)32-19(7-5-13-30-32)26(37)31-25(18(3)4)20(33)16-38-24(36)9-8-21-27-11-6-12-28-21/h6,11-12,17-19,25,30H,5,7-10,13-16H2,1-4H3,(H,29,34)(H,31,37)/t19-,25-/m0/s1. The molecule has 3 amide bonds. The molecule has 38 heavy (non-hydrogen) atoms. The number of carbonyl (C=O) groups is 5. The third kappa shape index (κ3) is 10.5. The number of aromatic nitrogens is 2. The van der Waals surface area contributed by atoms with Crippen LogP contribution in [-0.2, 0) is 35.1 Å². The van der Waals surface area contributed by atoms with E-state index >= 15 is 0 Å². The van der Waals surface area contributed by atoms with Gasteiger partial charge in [0.15, 0.2) is 12.4 Å². The Morgan fingerprint density at radius 1 is 1.11 bits per heavy atom. The molecule has 1 aliphatic heterocycles. The molecule has 0 unspecified atom stereocenters. The molecular formula is C26H40N6O6. The van der Waals surface area contributed by atoms with E-state index in [4.69, 9.17) is 4.74 Å². The third-order valence-electron chi connectivity index (χ3n) is 5.93. The van der Waals surface area contributed by atoms with E-state index in [1.165, 1.54) is 5.01 Å². The van der Waals surface area contributed by atoms with Crippen LogP contribution in [0.4, 0.5) is 0 Å². The lowest BCUT2D eigenvalue weighted by molar-refractivity contribution is -0.150. The van der Waals surface area contributed by atoms with Gasteiger partial charge in [-0.3, -0.25) is 29.0 Å². The number of rotatable bonds is 14. The lowest BCUT2D eigenvalue weighted by Gasteiger charge is -2.36. The monoisotopic (exact) mass is 532 g/mol. The van der Waals surface area contributed by atoms with Gasteiger partial charge in [-0.05, 0) is 30.7 Å². The minimum atomic E-state index is -0.887. The van der Waals surface area contributed by atoms with Crippen molar-refractivity contribution in [2.24, 2.45) is 11.8 Å². The van der Waals surface area contributed by atoms with Crippen LogP contribution in [-0.4, -0.2) is 76.2 Å². The van der Waals surface area contributed by atoms with E-state index in [1.54, 1.807) is 32.3 Å². The van der Waals surface area contributed by atoms with E-state index in [9.17, 15) is 24.0 Å². The number of hydrogen-bond acceptors (Lipinski definition) is 9. The van der Waals surface area contributed by atoms with Crippen LogP contribution in [0.1, 0.15) is 65.6 Å². The molecule has 1 fully saturated rings. The fourth-order valence-corrected chi connectivity index (χ4v) is 3.97. The molecule has 1 saturated heterocycles. The van der Waals surface area contributed by atoms with Crippen LogP contribution in [0, 0.1) is 11.8 Å². The highest BCUT2D eigenvalue weighted by Crippen LogP contribution is 2.14. The predicted molar refractivity (Wildman–Crippen MR) is 138 cm³/mol. The molecule has 0 aromatic carbocycles. The molecule has 1 aromatic rings. The summed E-state index contributed by atoms with van der Waals surface area (Å²) in [7, 11) is 0. The summed E-state index contributed by atoms with van der Waals surface area (Å²) in [5, 5.41) is 6.76. The smallest absolute Gasteiger partial charge is 0.306 e.